The van der Waals surface area contributed by atoms with E-state index in [2.05, 4.69) is 118 Å². The lowest BCUT2D eigenvalue weighted by atomic mass is 9.85. The number of benzene rings is 5. The number of hydrogen-bond acceptors (Lipinski definition) is 4. The van der Waals surface area contributed by atoms with Crippen molar-refractivity contribution in [2.75, 3.05) is 0 Å². The highest BCUT2D eigenvalue weighted by molar-refractivity contribution is 7.08. The fourth-order valence-electron chi connectivity index (χ4n) is 5.08. The maximum atomic E-state index is 4.47. The first kappa shape index (κ1) is 21.2. The van der Waals surface area contributed by atoms with Crippen molar-refractivity contribution >= 4 is 44.2 Å². The molecular weight excluding hydrogens is 477 g/mol. The van der Waals surface area contributed by atoms with E-state index in [0.717, 1.165) is 22.5 Å². The van der Waals surface area contributed by atoms with Gasteiger partial charge < -0.3 is 0 Å². The summed E-state index contributed by atoms with van der Waals surface area (Å²) >= 11 is 3.25. The minimum Gasteiger partial charge on any atom is -0.245 e. The molecule has 0 atom stereocenters. The van der Waals surface area contributed by atoms with Crippen LogP contribution < -0.4 is 0 Å². The average Bonchev–Trinajstić information content (AvgIpc) is 3.67. The van der Waals surface area contributed by atoms with Crippen LogP contribution in [0, 0.1) is 0 Å². The van der Waals surface area contributed by atoms with Crippen LogP contribution in [0.2, 0.25) is 0 Å². The van der Waals surface area contributed by atoms with E-state index < -0.39 is 0 Å². The first-order chi connectivity index (χ1) is 17.9. The number of nitrogens with zero attached hydrogens (tertiary/aromatic N) is 2. The molecule has 0 saturated carbocycles. The third kappa shape index (κ3) is 3.54. The third-order valence-electron chi connectivity index (χ3n) is 6.73. The van der Waals surface area contributed by atoms with Crippen molar-refractivity contribution in [2.24, 2.45) is 0 Å². The smallest absolute Gasteiger partial charge is 0.0811 e. The Balaban J connectivity index is 1.45. The average molecular weight is 497 g/mol. The van der Waals surface area contributed by atoms with E-state index in [-0.39, 0.29) is 0 Å². The predicted octanol–water partition coefficient (Wildman–Crippen LogP) is 9.57. The van der Waals surface area contributed by atoms with Crippen LogP contribution in [0.15, 0.2) is 119 Å². The van der Waals surface area contributed by atoms with Crippen LogP contribution in [-0.2, 0) is 0 Å². The van der Waals surface area contributed by atoms with E-state index in [0.29, 0.717) is 0 Å². The van der Waals surface area contributed by atoms with Crippen molar-refractivity contribution < 1.29 is 0 Å². The fourth-order valence-corrected chi connectivity index (χ4v) is 6.20. The second-order valence-electron chi connectivity index (χ2n) is 8.74. The molecule has 0 N–H and O–H groups in total. The quantitative estimate of drug-likeness (QED) is 0.227. The van der Waals surface area contributed by atoms with E-state index in [9.17, 15) is 0 Å². The fraction of sp³-hybridized carbons (Fsp3) is 0. The molecule has 0 bridgehead atoms. The van der Waals surface area contributed by atoms with E-state index in [1.807, 2.05) is 11.0 Å². The second-order valence-corrected chi connectivity index (χ2v) is 10.2. The van der Waals surface area contributed by atoms with Crippen LogP contribution in [-0.4, -0.2) is 9.97 Å². The molecule has 2 nitrogen and oxygen atoms in total. The normalized spacial score (nSPS) is 11.3. The summed E-state index contributed by atoms with van der Waals surface area (Å²) in [5, 5.41) is 9.22. The second kappa shape index (κ2) is 8.83. The molecule has 0 spiro atoms. The van der Waals surface area contributed by atoms with Gasteiger partial charge in [-0.1, -0.05) is 97.1 Å². The van der Waals surface area contributed by atoms with E-state index >= 15 is 0 Å². The molecule has 170 valence electrons. The Kier molecular flexibility index (Phi) is 5.20. The molecular formula is C32H20N2S2. The number of thiazole rings is 2. The van der Waals surface area contributed by atoms with Crippen LogP contribution in [0.4, 0.5) is 0 Å². The summed E-state index contributed by atoms with van der Waals surface area (Å²) < 4.78 is 0. The lowest BCUT2D eigenvalue weighted by Crippen LogP contribution is -1.91. The lowest BCUT2D eigenvalue weighted by Gasteiger charge is -2.18. The monoisotopic (exact) mass is 496 g/mol. The minimum absolute atomic E-state index is 1.03. The topological polar surface area (TPSA) is 25.8 Å². The van der Waals surface area contributed by atoms with Crippen LogP contribution in [0.5, 0.6) is 0 Å². The minimum atomic E-state index is 1.03. The van der Waals surface area contributed by atoms with Crippen molar-refractivity contribution in [1.82, 2.24) is 9.97 Å². The largest absolute Gasteiger partial charge is 0.245 e. The summed E-state index contributed by atoms with van der Waals surface area (Å²) in [5.41, 5.74) is 13.1. The van der Waals surface area contributed by atoms with Gasteiger partial charge in [-0.15, -0.1) is 22.7 Å². The van der Waals surface area contributed by atoms with E-state index in [4.69, 9.17) is 0 Å². The Hall–Kier alpha value is -4.12. The Morgan fingerprint density at radius 1 is 0.389 bits per heavy atom. The molecule has 4 heteroatoms. The van der Waals surface area contributed by atoms with Gasteiger partial charge in [0, 0.05) is 21.9 Å². The Labute approximate surface area is 217 Å². The number of rotatable bonds is 4. The summed E-state index contributed by atoms with van der Waals surface area (Å²) in [6, 6.07) is 35.2. The Morgan fingerprint density at radius 2 is 0.722 bits per heavy atom. The van der Waals surface area contributed by atoms with Gasteiger partial charge in [-0.3, -0.25) is 0 Å². The van der Waals surface area contributed by atoms with E-state index in [1.165, 1.54) is 43.8 Å². The summed E-state index contributed by atoms with van der Waals surface area (Å²) in [4.78, 5) is 8.94. The molecule has 0 aliphatic heterocycles. The first-order valence-electron chi connectivity index (χ1n) is 11.8. The zero-order chi connectivity index (χ0) is 23.9. The Bertz CT molecular complexity index is 1610. The molecule has 2 aromatic heterocycles. The number of fused-ring (bicyclic) bond motifs is 2. The zero-order valence-electron chi connectivity index (χ0n) is 19.3. The lowest BCUT2D eigenvalue weighted by molar-refractivity contribution is 1.41. The summed E-state index contributed by atoms with van der Waals surface area (Å²) in [5.74, 6) is 0. The molecule has 0 unspecified atom stereocenters. The van der Waals surface area contributed by atoms with Gasteiger partial charge >= 0.3 is 0 Å². The molecule has 7 aromatic rings. The zero-order valence-corrected chi connectivity index (χ0v) is 20.9. The van der Waals surface area contributed by atoms with Gasteiger partial charge in [-0.2, -0.15) is 0 Å². The van der Waals surface area contributed by atoms with Crippen molar-refractivity contribution in [3.8, 4) is 44.8 Å². The maximum Gasteiger partial charge on any atom is 0.0811 e. The molecule has 2 heterocycles. The molecule has 0 saturated heterocycles. The highest BCUT2D eigenvalue weighted by Crippen LogP contribution is 2.44. The van der Waals surface area contributed by atoms with Gasteiger partial charge in [0.1, 0.15) is 0 Å². The standard InChI is InChI=1S/C32H20N2S2/c1-2-6-26-25(5-1)31(23-13-9-21(10-14-23)29-17-35-19-33-29)27-7-3-4-8-28(27)32(26)24-15-11-22(12-16-24)30-18-36-20-34-30/h1-20H. The molecule has 0 fully saturated rings. The molecule has 36 heavy (non-hydrogen) atoms. The maximum absolute atomic E-state index is 4.47. The van der Waals surface area contributed by atoms with Crippen LogP contribution >= 0.6 is 22.7 Å². The van der Waals surface area contributed by atoms with Crippen molar-refractivity contribution in [1.29, 1.82) is 0 Å². The highest BCUT2D eigenvalue weighted by atomic mass is 32.1. The van der Waals surface area contributed by atoms with Crippen molar-refractivity contribution in [3.63, 3.8) is 0 Å². The van der Waals surface area contributed by atoms with Gasteiger partial charge in [-0.05, 0) is 43.8 Å². The molecule has 0 amide bonds. The first-order valence-corrected chi connectivity index (χ1v) is 13.7. The number of aromatic nitrogens is 2. The van der Waals surface area contributed by atoms with Gasteiger partial charge in [0.25, 0.3) is 0 Å². The van der Waals surface area contributed by atoms with Gasteiger partial charge in [-0.25, -0.2) is 9.97 Å². The highest BCUT2D eigenvalue weighted by Gasteiger charge is 2.16. The SMILES string of the molecule is c1ccc2c(-c3ccc(-c4cscn4)cc3)c3ccccc3c(-c3ccc(-c4cscn4)cc3)c2c1. The molecule has 0 aliphatic rings. The van der Waals surface area contributed by atoms with Gasteiger partial charge in [0.05, 0.1) is 22.4 Å². The van der Waals surface area contributed by atoms with Gasteiger partial charge in [0.15, 0.2) is 0 Å². The summed E-state index contributed by atoms with van der Waals surface area (Å²) in [6.07, 6.45) is 0. The van der Waals surface area contributed by atoms with E-state index in [1.54, 1.807) is 22.7 Å². The third-order valence-corrected chi connectivity index (χ3v) is 7.91. The number of hydrogen-bond donors (Lipinski definition) is 0. The van der Waals surface area contributed by atoms with Crippen LogP contribution in [0.25, 0.3) is 66.3 Å². The van der Waals surface area contributed by atoms with Crippen molar-refractivity contribution in [2.45, 2.75) is 0 Å². The van der Waals surface area contributed by atoms with Gasteiger partial charge in [0.2, 0.25) is 0 Å². The molecule has 0 aliphatic carbocycles. The summed E-state index contributed by atoms with van der Waals surface area (Å²) in [6.45, 7) is 0. The van der Waals surface area contributed by atoms with Crippen LogP contribution in [0.3, 0.4) is 0 Å². The Morgan fingerprint density at radius 3 is 1.03 bits per heavy atom. The molecule has 5 aromatic carbocycles. The van der Waals surface area contributed by atoms with Crippen molar-refractivity contribution in [3.05, 3.63) is 119 Å². The summed E-state index contributed by atoms with van der Waals surface area (Å²) in [7, 11) is 0. The van der Waals surface area contributed by atoms with Crippen LogP contribution in [0.1, 0.15) is 0 Å². The predicted molar refractivity (Wildman–Crippen MR) is 155 cm³/mol. The molecule has 7 rings (SSSR count). The molecule has 0 radical (unpaired) electrons.